The monoisotopic (exact) mass is 256 g/mol. The van der Waals surface area contributed by atoms with Crippen LogP contribution in [-0.4, -0.2) is 41.6 Å². The Kier molecular flexibility index (Phi) is 5.44. The van der Waals surface area contributed by atoms with Gasteiger partial charge in [-0.2, -0.15) is 0 Å². The Hall–Kier alpha value is -1.26. The third kappa shape index (κ3) is 3.89. The molecule has 2 N–H and O–H groups in total. The zero-order chi connectivity index (χ0) is 13.7. The van der Waals surface area contributed by atoms with E-state index in [0.717, 1.165) is 25.7 Å². The van der Waals surface area contributed by atoms with E-state index in [0.29, 0.717) is 6.54 Å². The van der Waals surface area contributed by atoms with Crippen LogP contribution < -0.4 is 5.32 Å². The first-order valence-electron chi connectivity index (χ1n) is 6.67. The predicted molar refractivity (Wildman–Crippen MR) is 69.4 cm³/mol. The van der Waals surface area contributed by atoms with Crippen molar-refractivity contribution in [3.8, 4) is 0 Å². The fraction of sp³-hybridized carbons (Fsp3) is 0.846. The van der Waals surface area contributed by atoms with Crippen LogP contribution in [0.5, 0.6) is 0 Å². The molecule has 18 heavy (non-hydrogen) atoms. The summed E-state index contributed by atoms with van der Waals surface area (Å²) in [6.07, 6.45) is 3.66. The van der Waals surface area contributed by atoms with E-state index in [2.05, 4.69) is 5.32 Å². The highest BCUT2D eigenvalue weighted by atomic mass is 16.4. The van der Waals surface area contributed by atoms with Gasteiger partial charge in [-0.15, -0.1) is 0 Å². The summed E-state index contributed by atoms with van der Waals surface area (Å²) in [6, 6.07) is 0.0198. The molecule has 0 radical (unpaired) electrons. The van der Waals surface area contributed by atoms with Gasteiger partial charge in [0.15, 0.2) is 0 Å². The summed E-state index contributed by atoms with van der Waals surface area (Å²) in [5.74, 6) is -0.963. The summed E-state index contributed by atoms with van der Waals surface area (Å²) in [6.45, 7) is 4.35. The van der Waals surface area contributed by atoms with Crippen molar-refractivity contribution in [2.24, 2.45) is 11.8 Å². The van der Waals surface area contributed by atoms with Gasteiger partial charge in [-0.3, -0.25) is 4.79 Å². The lowest BCUT2D eigenvalue weighted by Crippen LogP contribution is -2.44. The first-order valence-corrected chi connectivity index (χ1v) is 6.67. The summed E-state index contributed by atoms with van der Waals surface area (Å²) in [4.78, 5) is 24.5. The van der Waals surface area contributed by atoms with E-state index < -0.39 is 5.97 Å². The number of hydrogen-bond acceptors (Lipinski definition) is 2. The topological polar surface area (TPSA) is 69.6 Å². The van der Waals surface area contributed by atoms with Crippen molar-refractivity contribution in [1.82, 2.24) is 10.2 Å². The Morgan fingerprint density at radius 3 is 2.50 bits per heavy atom. The number of carbonyl (C=O) groups excluding carboxylic acids is 1. The summed E-state index contributed by atoms with van der Waals surface area (Å²) in [7, 11) is 1.75. The maximum Gasteiger partial charge on any atom is 0.317 e. The van der Waals surface area contributed by atoms with Crippen LogP contribution >= 0.6 is 0 Å². The molecule has 1 fully saturated rings. The lowest BCUT2D eigenvalue weighted by molar-refractivity contribution is -0.144. The largest absolute Gasteiger partial charge is 0.481 e. The lowest BCUT2D eigenvalue weighted by Gasteiger charge is -2.30. The Bertz CT molecular complexity index is 305. The summed E-state index contributed by atoms with van der Waals surface area (Å²) in [5.41, 5.74) is 0. The van der Waals surface area contributed by atoms with Gasteiger partial charge < -0.3 is 15.3 Å². The number of carboxylic acid groups (broad SMARTS) is 1. The molecule has 2 atom stereocenters. The number of hydrogen-bond donors (Lipinski definition) is 2. The van der Waals surface area contributed by atoms with Crippen LogP contribution in [0.15, 0.2) is 0 Å². The molecule has 104 valence electrons. The molecule has 0 saturated heterocycles. The second-order valence-electron chi connectivity index (χ2n) is 5.38. The van der Waals surface area contributed by atoms with Crippen LogP contribution in [0.1, 0.15) is 39.5 Å². The predicted octanol–water partition coefficient (Wildman–Crippen LogP) is 1.93. The average molecular weight is 256 g/mol. The number of aliphatic carboxylic acids is 1. The van der Waals surface area contributed by atoms with Crippen LogP contribution in [0.4, 0.5) is 4.79 Å². The average Bonchev–Trinajstić information content (AvgIpc) is 2.35. The van der Waals surface area contributed by atoms with Gasteiger partial charge in [-0.1, -0.05) is 12.8 Å². The van der Waals surface area contributed by atoms with Gasteiger partial charge in [0.25, 0.3) is 0 Å². The van der Waals surface area contributed by atoms with Crippen molar-refractivity contribution in [3.63, 3.8) is 0 Å². The van der Waals surface area contributed by atoms with E-state index in [9.17, 15) is 9.59 Å². The lowest BCUT2D eigenvalue weighted by atomic mass is 9.79. The molecule has 1 saturated carbocycles. The summed E-state index contributed by atoms with van der Waals surface area (Å²) in [5, 5.41) is 12.0. The number of carbonyl (C=O) groups is 2. The smallest absolute Gasteiger partial charge is 0.317 e. The third-order valence-electron chi connectivity index (χ3n) is 3.84. The van der Waals surface area contributed by atoms with Crippen LogP contribution in [-0.2, 0) is 4.79 Å². The summed E-state index contributed by atoms with van der Waals surface area (Å²) >= 11 is 0. The molecule has 0 heterocycles. The normalized spacial score (nSPS) is 23.8. The van der Waals surface area contributed by atoms with E-state index in [4.69, 9.17) is 5.11 Å². The molecule has 1 aliphatic carbocycles. The number of carboxylic acids is 1. The number of nitrogens with zero attached hydrogens (tertiary/aromatic N) is 1. The van der Waals surface area contributed by atoms with E-state index in [1.54, 1.807) is 11.9 Å². The molecule has 1 aliphatic rings. The van der Waals surface area contributed by atoms with E-state index in [1.807, 2.05) is 13.8 Å². The molecule has 0 spiro atoms. The van der Waals surface area contributed by atoms with Crippen molar-refractivity contribution in [1.29, 1.82) is 0 Å². The molecule has 2 amide bonds. The van der Waals surface area contributed by atoms with Crippen molar-refractivity contribution < 1.29 is 14.7 Å². The maximum atomic E-state index is 11.8. The molecule has 0 aromatic heterocycles. The van der Waals surface area contributed by atoms with Gasteiger partial charge in [-0.25, -0.2) is 4.79 Å². The van der Waals surface area contributed by atoms with E-state index in [-0.39, 0.29) is 23.9 Å². The van der Waals surface area contributed by atoms with Gasteiger partial charge in [-0.05, 0) is 32.6 Å². The first kappa shape index (κ1) is 14.8. The highest BCUT2D eigenvalue weighted by Crippen LogP contribution is 2.29. The van der Waals surface area contributed by atoms with Gasteiger partial charge in [0.05, 0.1) is 5.92 Å². The van der Waals surface area contributed by atoms with Gasteiger partial charge in [0.2, 0.25) is 0 Å². The minimum Gasteiger partial charge on any atom is -0.481 e. The molecule has 0 aromatic carbocycles. The molecule has 2 unspecified atom stereocenters. The minimum absolute atomic E-state index is 0.0702. The Morgan fingerprint density at radius 2 is 1.94 bits per heavy atom. The summed E-state index contributed by atoms with van der Waals surface area (Å²) < 4.78 is 0. The molecule has 1 rings (SSSR count). The van der Waals surface area contributed by atoms with Gasteiger partial charge in [0.1, 0.15) is 0 Å². The molecule has 0 aliphatic heterocycles. The number of nitrogens with one attached hydrogen (secondary N) is 1. The molecule has 0 aromatic rings. The fourth-order valence-corrected chi connectivity index (χ4v) is 2.35. The fourth-order valence-electron chi connectivity index (χ4n) is 2.35. The SMILES string of the molecule is CC(C)N(C)C(=O)NCC1CCCCC1C(=O)O. The Labute approximate surface area is 109 Å². The molecule has 5 heteroatoms. The van der Waals surface area contributed by atoms with Crippen LogP contribution in [0.3, 0.4) is 0 Å². The Balaban J connectivity index is 2.45. The molecular formula is C13H24N2O3. The zero-order valence-corrected chi connectivity index (χ0v) is 11.5. The zero-order valence-electron chi connectivity index (χ0n) is 11.5. The second-order valence-corrected chi connectivity index (χ2v) is 5.38. The quantitative estimate of drug-likeness (QED) is 0.807. The van der Waals surface area contributed by atoms with E-state index in [1.165, 1.54) is 0 Å². The number of amides is 2. The molecular weight excluding hydrogens is 232 g/mol. The van der Waals surface area contributed by atoms with Crippen molar-refractivity contribution >= 4 is 12.0 Å². The highest BCUT2D eigenvalue weighted by Gasteiger charge is 2.31. The Morgan fingerprint density at radius 1 is 1.33 bits per heavy atom. The molecule has 5 nitrogen and oxygen atoms in total. The standard InChI is InChI=1S/C13H24N2O3/c1-9(2)15(3)13(18)14-8-10-6-4-5-7-11(10)12(16)17/h9-11H,4-8H2,1-3H3,(H,14,18)(H,16,17). The number of urea groups is 1. The minimum atomic E-state index is -0.730. The van der Waals surface area contributed by atoms with Crippen LogP contribution in [0.2, 0.25) is 0 Å². The highest BCUT2D eigenvalue weighted by molar-refractivity contribution is 5.74. The van der Waals surface area contributed by atoms with Crippen molar-refractivity contribution in [3.05, 3.63) is 0 Å². The van der Waals surface area contributed by atoms with Crippen molar-refractivity contribution in [2.45, 2.75) is 45.6 Å². The maximum absolute atomic E-state index is 11.8. The van der Waals surface area contributed by atoms with Crippen LogP contribution in [0.25, 0.3) is 0 Å². The first-order chi connectivity index (χ1) is 8.43. The van der Waals surface area contributed by atoms with Gasteiger partial charge >= 0.3 is 12.0 Å². The van der Waals surface area contributed by atoms with Crippen molar-refractivity contribution in [2.75, 3.05) is 13.6 Å². The van der Waals surface area contributed by atoms with E-state index >= 15 is 0 Å². The number of rotatable bonds is 4. The van der Waals surface area contributed by atoms with Gasteiger partial charge in [0, 0.05) is 19.6 Å². The van der Waals surface area contributed by atoms with Crippen LogP contribution in [0, 0.1) is 11.8 Å². The molecule has 0 bridgehead atoms. The third-order valence-corrected chi connectivity index (χ3v) is 3.84. The second kappa shape index (κ2) is 6.61.